The van der Waals surface area contributed by atoms with Gasteiger partial charge in [-0.2, -0.15) is 0 Å². The molecule has 1 N–H and O–H groups in total. The molecule has 0 spiro atoms. The summed E-state index contributed by atoms with van der Waals surface area (Å²) < 4.78 is 4.76. The molecule has 17 heavy (non-hydrogen) atoms. The van der Waals surface area contributed by atoms with Crippen molar-refractivity contribution in [3.63, 3.8) is 0 Å². The molecule has 1 aliphatic rings. The first-order valence-electron chi connectivity index (χ1n) is 6.25. The van der Waals surface area contributed by atoms with Crippen LogP contribution in [0.3, 0.4) is 0 Å². The Hall–Kier alpha value is -1.36. The number of nitrogens with zero attached hydrogens (tertiary/aromatic N) is 2. The van der Waals surface area contributed by atoms with Crippen molar-refractivity contribution in [3.05, 3.63) is 18.4 Å². The lowest BCUT2D eigenvalue weighted by Crippen LogP contribution is -2.33. The van der Waals surface area contributed by atoms with Crippen molar-refractivity contribution < 1.29 is 9.21 Å². The van der Waals surface area contributed by atoms with Crippen LogP contribution in [0, 0.1) is 0 Å². The minimum absolute atomic E-state index is 0.155. The summed E-state index contributed by atoms with van der Waals surface area (Å²) in [7, 11) is 0. The van der Waals surface area contributed by atoms with Gasteiger partial charge in [-0.15, -0.1) is 0 Å². The van der Waals surface area contributed by atoms with Crippen molar-refractivity contribution in [1.29, 1.82) is 0 Å². The van der Waals surface area contributed by atoms with E-state index < -0.39 is 0 Å². The summed E-state index contributed by atoms with van der Waals surface area (Å²) in [6.07, 6.45) is 7.60. The van der Waals surface area contributed by atoms with Gasteiger partial charge in [0, 0.05) is 6.54 Å². The molecule has 2 heterocycles. The second-order valence-electron chi connectivity index (χ2n) is 4.39. The first kappa shape index (κ1) is 12.1. The molecule has 1 aromatic heterocycles. The summed E-state index contributed by atoms with van der Waals surface area (Å²) in [6, 6.07) is 0. The van der Waals surface area contributed by atoms with E-state index in [2.05, 4.69) is 15.2 Å². The van der Waals surface area contributed by atoms with Crippen LogP contribution < -0.4 is 5.32 Å². The summed E-state index contributed by atoms with van der Waals surface area (Å²) in [6.45, 7) is 4.18. The van der Waals surface area contributed by atoms with Gasteiger partial charge in [-0.1, -0.05) is 6.42 Å². The average molecular weight is 237 g/mol. The Kier molecular flexibility index (Phi) is 4.55. The van der Waals surface area contributed by atoms with Crippen molar-refractivity contribution in [2.75, 3.05) is 26.2 Å². The van der Waals surface area contributed by atoms with Crippen molar-refractivity contribution in [2.24, 2.45) is 0 Å². The molecule has 0 radical (unpaired) electrons. The lowest BCUT2D eigenvalue weighted by atomic mass is 10.1. The van der Waals surface area contributed by atoms with Crippen molar-refractivity contribution >= 4 is 5.91 Å². The summed E-state index contributed by atoms with van der Waals surface area (Å²) in [4.78, 5) is 17.8. The van der Waals surface area contributed by atoms with Crippen LogP contribution in [0.5, 0.6) is 0 Å². The molecule has 94 valence electrons. The number of hydrogen-bond acceptors (Lipinski definition) is 4. The van der Waals surface area contributed by atoms with Crippen LogP contribution in [0.1, 0.15) is 36.2 Å². The van der Waals surface area contributed by atoms with E-state index >= 15 is 0 Å². The molecule has 0 unspecified atom stereocenters. The average Bonchev–Trinajstić information content (AvgIpc) is 2.89. The highest BCUT2D eigenvalue weighted by molar-refractivity contribution is 5.91. The van der Waals surface area contributed by atoms with Crippen LogP contribution in [-0.2, 0) is 0 Å². The van der Waals surface area contributed by atoms with Gasteiger partial charge in [-0.25, -0.2) is 4.98 Å². The van der Waals surface area contributed by atoms with E-state index in [4.69, 9.17) is 4.42 Å². The van der Waals surface area contributed by atoms with Crippen molar-refractivity contribution in [1.82, 2.24) is 15.2 Å². The molecular formula is C12H19N3O2. The Morgan fingerprint density at radius 2 is 2.24 bits per heavy atom. The normalized spacial score (nSPS) is 16.9. The van der Waals surface area contributed by atoms with Gasteiger partial charge in [0.25, 0.3) is 5.91 Å². The van der Waals surface area contributed by atoms with Gasteiger partial charge in [0.1, 0.15) is 6.26 Å². The van der Waals surface area contributed by atoms with E-state index in [1.807, 2.05) is 0 Å². The van der Waals surface area contributed by atoms with Gasteiger partial charge in [0.15, 0.2) is 12.1 Å². The molecule has 0 atom stereocenters. The van der Waals surface area contributed by atoms with Gasteiger partial charge in [0.05, 0.1) is 0 Å². The molecule has 5 heteroatoms. The smallest absolute Gasteiger partial charge is 0.273 e. The van der Waals surface area contributed by atoms with Crippen LogP contribution in [0.15, 0.2) is 17.1 Å². The Labute approximate surface area is 101 Å². The maximum atomic E-state index is 11.5. The van der Waals surface area contributed by atoms with Crippen LogP contribution in [0.2, 0.25) is 0 Å². The summed E-state index contributed by atoms with van der Waals surface area (Å²) in [5, 5.41) is 2.84. The summed E-state index contributed by atoms with van der Waals surface area (Å²) >= 11 is 0. The first-order valence-corrected chi connectivity index (χ1v) is 6.25. The molecule has 1 aromatic rings. The standard InChI is InChI=1S/C12H19N3O2/c16-12(11-9-17-10-14-11)13-5-4-8-15-6-2-1-3-7-15/h9-10H,1-8H2,(H,13,16). The van der Waals surface area contributed by atoms with E-state index in [-0.39, 0.29) is 5.91 Å². The highest BCUT2D eigenvalue weighted by Gasteiger charge is 2.10. The molecule has 1 aliphatic heterocycles. The topological polar surface area (TPSA) is 58.4 Å². The zero-order valence-electron chi connectivity index (χ0n) is 10.0. The number of likely N-dealkylation sites (tertiary alicyclic amines) is 1. The maximum absolute atomic E-state index is 11.5. The van der Waals surface area contributed by atoms with Crippen LogP contribution >= 0.6 is 0 Å². The van der Waals surface area contributed by atoms with Gasteiger partial charge in [-0.3, -0.25) is 4.79 Å². The molecule has 5 nitrogen and oxygen atoms in total. The highest BCUT2D eigenvalue weighted by Crippen LogP contribution is 2.08. The number of carbonyl (C=O) groups excluding carboxylic acids is 1. The third-order valence-corrected chi connectivity index (χ3v) is 3.05. The van der Waals surface area contributed by atoms with E-state index in [1.165, 1.54) is 45.0 Å². The lowest BCUT2D eigenvalue weighted by molar-refractivity contribution is 0.0946. The molecule has 0 bridgehead atoms. The van der Waals surface area contributed by atoms with Gasteiger partial charge < -0.3 is 14.6 Å². The summed E-state index contributed by atoms with van der Waals surface area (Å²) in [5.74, 6) is -0.155. The quantitative estimate of drug-likeness (QED) is 0.784. The maximum Gasteiger partial charge on any atom is 0.273 e. The molecule has 1 saturated heterocycles. The Balaban J connectivity index is 1.58. The number of oxazole rings is 1. The highest BCUT2D eigenvalue weighted by atomic mass is 16.3. The molecule has 0 saturated carbocycles. The fraction of sp³-hybridized carbons (Fsp3) is 0.667. The second kappa shape index (κ2) is 6.39. The Morgan fingerprint density at radius 3 is 2.94 bits per heavy atom. The zero-order chi connectivity index (χ0) is 11.9. The molecule has 1 amide bonds. The number of amides is 1. The van der Waals surface area contributed by atoms with E-state index in [0.717, 1.165) is 13.0 Å². The van der Waals surface area contributed by atoms with Crippen LogP contribution in [-0.4, -0.2) is 42.0 Å². The third kappa shape index (κ3) is 3.85. The SMILES string of the molecule is O=C(NCCCN1CCCCC1)c1cocn1. The number of nitrogens with one attached hydrogen (secondary N) is 1. The minimum Gasteiger partial charge on any atom is -0.451 e. The lowest BCUT2D eigenvalue weighted by Gasteiger charge is -2.26. The molecule has 0 aromatic carbocycles. The van der Waals surface area contributed by atoms with Crippen molar-refractivity contribution in [3.8, 4) is 0 Å². The fourth-order valence-electron chi connectivity index (χ4n) is 2.10. The van der Waals surface area contributed by atoms with Crippen molar-refractivity contribution in [2.45, 2.75) is 25.7 Å². The van der Waals surface area contributed by atoms with Gasteiger partial charge in [0.2, 0.25) is 0 Å². The van der Waals surface area contributed by atoms with Crippen LogP contribution in [0.25, 0.3) is 0 Å². The van der Waals surface area contributed by atoms with Crippen LogP contribution in [0.4, 0.5) is 0 Å². The number of aromatic nitrogens is 1. The monoisotopic (exact) mass is 237 g/mol. The predicted molar refractivity (Wildman–Crippen MR) is 63.7 cm³/mol. The predicted octanol–water partition coefficient (Wildman–Crippen LogP) is 1.28. The van der Waals surface area contributed by atoms with Gasteiger partial charge >= 0.3 is 0 Å². The molecule has 0 aliphatic carbocycles. The van der Waals surface area contributed by atoms with E-state index in [0.29, 0.717) is 12.2 Å². The number of piperidine rings is 1. The second-order valence-corrected chi connectivity index (χ2v) is 4.39. The largest absolute Gasteiger partial charge is 0.451 e. The third-order valence-electron chi connectivity index (χ3n) is 3.05. The Bertz CT molecular complexity index is 332. The molecule has 1 fully saturated rings. The number of hydrogen-bond donors (Lipinski definition) is 1. The fourth-order valence-corrected chi connectivity index (χ4v) is 2.10. The molecule has 2 rings (SSSR count). The molecular weight excluding hydrogens is 218 g/mol. The van der Waals surface area contributed by atoms with E-state index in [1.54, 1.807) is 0 Å². The van der Waals surface area contributed by atoms with Gasteiger partial charge in [-0.05, 0) is 38.9 Å². The minimum atomic E-state index is -0.155. The van der Waals surface area contributed by atoms with E-state index in [9.17, 15) is 4.79 Å². The first-order chi connectivity index (χ1) is 8.36. The Morgan fingerprint density at radius 1 is 1.41 bits per heavy atom. The number of rotatable bonds is 5. The number of carbonyl (C=O) groups is 1. The zero-order valence-corrected chi connectivity index (χ0v) is 10.0. The summed E-state index contributed by atoms with van der Waals surface area (Å²) in [5.41, 5.74) is 0.350.